The molecule has 0 spiro atoms. The number of hydrogen-bond donors (Lipinski definition) is 1. The van der Waals surface area contributed by atoms with Crippen LogP contribution in [0.4, 0.5) is 4.79 Å². The summed E-state index contributed by atoms with van der Waals surface area (Å²) in [7, 11) is 0. The van der Waals surface area contributed by atoms with Gasteiger partial charge < -0.3 is 10.1 Å². The van der Waals surface area contributed by atoms with E-state index in [1.54, 1.807) is 0 Å². The molecule has 1 fully saturated rings. The van der Waals surface area contributed by atoms with Gasteiger partial charge in [0.2, 0.25) is 0 Å². The van der Waals surface area contributed by atoms with E-state index in [1.807, 2.05) is 18.2 Å². The first-order valence-corrected chi connectivity index (χ1v) is 7.11. The molecular formula is C16H22NO2. The molecule has 1 amide bonds. The Morgan fingerprint density at radius 1 is 1.26 bits per heavy atom. The molecular weight excluding hydrogens is 238 g/mol. The van der Waals surface area contributed by atoms with Crippen LogP contribution in [0.5, 0.6) is 0 Å². The topological polar surface area (TPSA) is 38.3 Å². The summed E-state index contributed by atoms with van der Waals surface area (Å²) in [6.45, 7) is 1.22. The third-order valence-electron chi connectivity index (χ3n) is 3.51. The summed E-state index contributed by atoms with van der Waals surface area (Å²) in [5, 5.41) is 2.81. The lowest BCUT2D eigenvalue weighted by molar-refractivity contribution is 0.144. The maximum absolute atomic E-state index is 11.4. The van der Waals surface area contributed by atoms with Crippen molar-refractivity contribution in [3.05, 3.63) is 42.3 Å². The molecule has 0 unspecified atom stereocenters. The summed E-state index contributed by atoms with van der Waals surface area (Å²) in [5.41, 5.74) is 1.28. The van der Waals surface area contributed by atoms with Crippen LogP contribution in [0.15, 0.2) is 30.3 Å². The predicted molar refractivity (Wildman–Crippen MR) is 75.8 cm³/mol. The molecule has 3 nitrogen and oxygen atoms in total. The number of carbonyl (C=O) groups is 1. The average molecular weight is 260 g/mol. The fourth-order valence-electron chi connectivity index (χ4n) is 2.15. The van der Waals surface area contributed by atoms with Crippen LogP contribution in [0.25, 0.3) is 0 Å². The van der Waals surface area contributed by atoms with Gasteiger partial charge in [-0.3, -0.25) is 0 Å². The molecule has 1 N–H and O–H groups in total. The maximum Gasteiger partial charge on any atom is 0.407 e. The third-order valence-corrected chi connectivity index (χ3v) is 3.51. The molecule has 103 valence electrons. The minimum absolute atomic E-state index is 0.281. The molecule has 1 aromatic rings. The van der Waals surface area contributed by atoms with Crippen molar-refractivity contribution in [2.75, 3.05) is 13.2 Å². The molecule has 1 aliphatic rings. The molecule has 0 saturated heterocycles. The van der Waals surface area contributed by atoms with E-state index in [0.29, 0.717) is 6.61 Å². The number of rotatable bonds is 7. The van der Waals surface area contributed by atoms with Gasteiger partial charge in [0.15, 0.2) is 0 Å². The molecule has 1 radical (unpaired) electrons. The second-order valence-electron chi connectivity index (χ2n) is 5.07. The van der Waals surface area contributed by atoms with Crippen molar-refractivity contribution in [3.8, 4) is 0 Å². The standard InChI is InChI=1S/C16H22NO2/c18-16(17-12-11-15-8-4-9-15)19-13-5-10-14-6-2-1-3-7-14/h1-4,6-7,15H,5,8-13H2,(H,17,18). The van der Waals surface area contributed by atoms with E-state index < -0.39 is 0 Å². The molecule has 0 aliphatic heterocycles. The van der Waals surface area contributed by atoms with Gasteiger partial charge in [-0.2, -0.15) is 0 Å². The lowest BCUT2D eigenvalue weighted by atomic mass is 9.83. The highest BCUT2D eigenvalue weighted by molar-refractivity contribution is 5.66. The van der Waals surface area contributed by atoms with Gasteiger partial charge in [0.1, 0.15) is 0 Å². The highest BCUT2D eigenvalue weighted by Crippen LogP contribution is 2.27. The van der Waals surface area contributed by atoms with E-state index in [1.165, 1.54) is 18.4 Å². The Labute approximate surface area is 115 Å². The Bertz CT molecular complexity index is 374. The summed E-state index contributed by atoms with van der Waals surface area (Å²) in [6, 6.07) is 10.3. The van der Waals surface area contributed by atoms with Crippen molar-refractivity contribution in [2.24, 2.45) is 5.92 Å². The van der Waals surface area contributed by atoms with Crippen LogP contribution in [0.1, 0.15) is 31.2 Å². The van der Waals surface area contributed by atoms with Crippen molar-refractivity contribution in [1.29, 1.82) is 0 Å². The number of hydrogen-bond acceptors (Lipinski definition) is 2. The summed E-state index contributed by atoms with van der Waals surface area (Å²) in [5.74, 6) is 0.776. The first kappa shape index (κ1) is 13.9. The third kappa shape index (κ3) is 5.33. The monoisotopic (exact) mass is 260 g/mol. The van der Waals surface area contributed by atoms with Crippen molar-refractivity contribution in [1.82, 2.24) is 5.32 Å². The van der Waals surface area contributed by atoms with E-state index in [9.17, 15) is 4.79 Å². The second kappa shape index (κ2) is 7.82. The SMILES string of the molecule is O=C(NCCC1C[CH]C1)OCCCc1ccccc1. The molecule has 2 rings (SSSR count). The Morgan fingerprint density at radius 3 is 2.74 bits per heavy atom. The highest BCUT2D eigenvalue weighted by Gasteiger charge is 2.17. The fraction of sp³-hybridized carbons (Fsp3) is 0.500. The van der Waals surface area contributed by atoms with Gasteiger partial charge in [-0.25, -0.2) is 4.79 Å². The van der Waals surface area contributed by atoms with Gasteiger partial charge in [-0.05, 0) is 50.0 Å². The Balaban J connectivity index is 1.47. The van der Waals surface area contributed by atoms with Crippen molar-refractivity contribution < 1.29 is 9.53 Å². The second-order valence-corrected chi connectivity index (χ2v) is 5.07. The number of benzene rings is 1. The van der Waals surface area contributed by atoms with Gasteiger partial charge in [-0.15, -0.1) is 0 Å². The molecule has 19 heavy (non-hydrogen) atoms. The van der Waals surface area contributed by atoms with E-state index in [2.05, 4.69) is 23.9 Å². The lowest BCUT2D eigenvalue weighted by Crippen LogP contribution is -2.28. The molecule has 0 atom stereocenters. The number of amides is 1. The molecule has 3 heteroatoms. The summed E-state index contributed by atoms with van der Waals surface area (Å²) >= 11 is 0. The van der Waals surface area contributed by atoms with E-state index in [0.717, 1.165) is 31.7 Å². The zero-order valence-corrected chi connectivity index (χ0v) is 11.3. The molecule has 1 saturated carbocycles. The summed E-state index contributed by atoms with van der Waals surface area (Å²) in [6.07, 6.45) is 7.29. The van der Waals surface area contributed by atoms with Gasteiger partial charge in [-0.1, -0.05) is 30.3 Å². The Kier molecular flexibility index (Phi) is 5.73. The number of nitrogens with one attached hydrogen (secondary N) is 1. The van der Waals surface area contributed by atoms with Crippen LogP contribution in [-0.2, 0) is 11.2 Å². The largest absolute Gasteiger partial charge is 0.450 e. The van der Waals surface area contributed by atoms with Gasteiger partial charge in [0, 0.05) is 6.54 Å². The van der Waals surface area contributed by atoms with E-state index >= 15 is 0 Å². The van der Waals surface area contributed by atoms with E-state index in [-0.39, 0.29) is 6.09 Å². The first-order chi connectivity index (χ1) is 9.34. The summed E-state index contributed by atoms with van der Waals surface area (Å²) < 4.78 is 5.14. The Morgan fingerprint density at radius 2 is 2.05 bits per heavy atom. The van der Waals surface area contributed by atoms with Crippen molar-refractivity contribution in [3.63, 3.8) is 0 Å². The maximum atomic E-state index is 11.4. The zero-order chi connectivity index (χ0) is 13.3. The molecule has 1 aromatic carbocycles. The van der Waals surface area contributed by atoms with Gasteiger partial charge in [0.25, 0.3) is 0 Å². The normalized spacial score (nSPS) is 14.7. The minimum atomic E-state index is -0.281. The molecule has 0 bridgehead atoms. The van der Waals surface area contributed by atoms with Gasteiger partial charge >= 0.3 is 6.09 Å². The van der Waals surface area contributed by atoms with E-state index in [4.69, 9.17) is 4.74 Å². The number of aryl methyl sites for hydroxylation is 1. The predicted octanol–water partition coefficient (Wildman–Crippen LogP) is 3.35. The molecule has 0 heterocycles. The highest BCUT2D eigenvalue weighted by atomic mass is 16.5. The van der Waals surface area contributed by atoms with Crippen LogP contribution in [0, 0.1) is 12.3 Å². The van der Waals surface area contributed by atoms with Crippen LogP contribution in [-0.4, -0.2) is 19.2 Å². The van der Waals surface area contributed by atoms with Crippen LogP contribution in [0.3, 0.4) is 0 Å². The lowest BCUT2D eigenvalue weighted by Gasteiger charge is -2.24. The quantitative estimate of drug-likeness (QED) is 0.763. The van der Waals surface area contributed by atoms with Gasteiger partial charge in [0.05, 0.1) is 6.61 Å². The first-order valence-electron chi connectivity index (χ1n) is 7.11. The number of ether oxygens (including phenoxy) is 1. The zero-order valence-electron chi connectivity index (χ0n) is 11.3. The fourth-order valence-corrected chi connectivity index (χ4v) is 2.15. The van der Waals surface area contributed by atoms with Crippen LogP contribution in [0.2, 0.25) is 0 Å². The van der Waals surface area contributed by atoms with Crippen molar-refractivity contribution in [2.45, 2.75) is 32.1 Å². The smallest absolute Gasteiger partial charge is 0.407 e. The van der Waals surface area contributed by atoms with Crippen LogP contribution >= 0.6 is 0 Å². The minimum Gasteiger partial charge on any atom is -0.450 e. The van der Waals surface area contributed by atoms with Crippen LogP contribution < -0.4 is 5.32 Å². The average Bonchev–Trinajstić information content (AvgIpc) is 2.39. The number of alkyl carbamates (subject to hydrolysis) is 1. The molecule has 0 aromatic heterocycles. The summed E-state index contributed by atoms with van der Waals surface area (Å²) in [4.78, 5) is 11.4. The molecule has 1 aliphatic carbocycles. The Hall–Kier alpha value is -1.51. The number of carbonyl (C=O) groups excluding carboxylic acids is 1. The van der Waals surface area contributed by atoms with Crippen molar-refractivity contribution >= 4 is 6.09 Å².